The Hall–Kier alpha value is -3.92. The average Bonchev–Trinajstić information content (AvgIpc) is 3.44. The Morgan fingerprint density at radius 1 is 0.536 bits per heavy atom. The predicted octanol–water partition coefficient (Wildman–Crippen LogP) is 5.97. The fourth-order valence-corrected chi connectivity index (χ4v) is 2.91. The first-order valence-corrected chi connectivity index (χ1v) is 9.09. The Labute approximate surface area is 162 Å². The summed E-state index contributed by atoms with van der Waals surface area (Å²) in [6.45, 7) is 0. The first-order valence-electron chi connectivity index (χ1n) is 9.09. The number of para-hydroxylation sites is 3. The average molecular weight is 364 g/mol. The predicted molar refractivity (Wildman–Crippen MR) is 116 cm³/mol. The van der Waals surface area contributed by atoms with E-state index in [1.807, 2.05) is 67.1 Å². The van der Waals surface area contributed by atoms with E-state index < -0.39 is 0 Å². The lowest BCUT2D eigenvalue weighted by molar-refractivity contribution is 1.22. The molecule has 2 N–H and O–H groups in total. The van der Waals surface area contributed by atoms with E-state index in [1.54, 1.807) is 6.33 Å². The van der Waals surface area contributed by atoms with Crippen LogP contribution in [0.15, 0.2) is 110 Å². The topological polar surface area (TPSA) is 57.4 Å². The Kier molecular flexibility index (Phi) is 5.40. The molecular formula is C24H20N4. The molecule has 0 atom stereocenters. The molecule has 0 saturated carbocycles. The van der Waals surface area contributed by atoms with Crippen LogP contribution in [0.1, 0.15) is 0 Å². The molecule has 3 aromatic carbocycles. The molecule has 6 rings (SSSR count). The second-order valence-corrected chi connectivity index (χ2v) is 6.21. The van der Waals surface area contributed by atoms with Crippen molar-refractivity contribution < 1.29 is 0 Å². The molecule has 0 unspecified atom stereocenters. The zero-order chi connectivity index (χ0) is 19.0. The van der Waals surface area contributed by atoms with Gasteiger partial charge in [-0.15, -0.1) is 0 Å². The van der Waals surface area contributed by atoms with Crippen LogP contribution >= 0.6 is 0 Å². The fraction of sp³-hybridized carbons (Fsp3) is 0. The smallest absolute Gasteiger partial charge is 0.116 e. The monoisotopic (exact) mass is 364 g/mol. The van der Waals surface area contributed by atoms with Crippen molar-refractivity contribution in [3.63, 3.8) is 0 Å². The molecule has 6 aromatic rings. The van der Waals surface area contributed by atoms with Crippen LogP contribution in [0.25, 0.3) is 32.7 Å². The van der Waals surface area contributed by atoms with E-state index in [-0.39, 0.29) is 0 Å². The van der Waals surface area contributed by atoms with Crippen molar-refractivity contribution in [3.05, 3.63) is 110 Å². The molecule has 0 aliphatic rings. The molecule has 0 amide bonds. The lowest BCUT2D eigenvalue weighted by atomic mass is 10.2. The highest BCUT2D eigenvalue weighted by molar-refractivity contribution is 5.79. The van der Waals surface area contributed by atoms with Crippen LogP contribution in [0.5, 0.6) is 0 Å². The summed E-state index contributed by atoms with van der Waals surface area (Å²) >= 11 is 0. The molecule has 28 heavy (non-hydrogen) atoms. The summed E-state index contributed by atoms with van der Waals surface area (Å²) in [7, 11) is 0. The third-order valence-electron chi connectivity index (χ3n) is 4.34. The number of aromatic nitrogens is 4. The summed E-state index contributed by atoms with van der Waals surface area (Å²) < 4.78 is 0. The van der Waals surface area contributed by atoms with E-state index in [0.717, 1.165) is 10.9 Å². The van der Waals surface area contributed by atoms with Crippen LogP contribution in [-0.4, -0.2) is 19.9 Å². The first-order chi connectivity index (χ1) is 13.9. The van der Waals surface area contributed by atoms with Crippen LogP contribution in [0, 0.1) is 0 Å². The van der Waals surface area contributed by atoms with E-state index in [4.69, 9.17) is 0 Å². The van der Waals surface area contributed by atoms with E-state index >= 15 is 0 Å². The molecule has 3 aromatic heterocycles. The van der Waals surface area contributed by atoms with Gasteiger partial charge in [0.05, 0.1) is 5.52 Å². The van der Waals surface area contributed by atoms with E-state index in [9.17, 15) is 0 Å². The molecule has 0 aliphatic carbocycles. The minimum atomic E-state index is 0.998. The summed E-state index contributed by atoms with van der Waals surface area (Å²) in [5, 5.41) is 3.64. The number of fused-ring (bicyclic) bond motifs is 3. The maximum Gasteiger partial charge on any atom is 0.116 e. The normalized spacial score (nSPS) is 10.1. The van der Waals surface area contributed by atoms with E-state index in [2.05, 4.69) is 56.3 Å². The summed E-state index contributed by atoms with van der Waals surface area (Å²) in [5.74, 6) is 0. The van der Waals surface area contributed by atoms with Gasteiger partial charge >= 0.3 is 0 Å². The van der Waals surface area contributed by atoms with Gasteiger partial charge in [-0.25, -0.2) is 9.97 Å². The minimum absolute atomic E-state index is 0.998. The van der Waals surface area contributed by atoms with Crippen LogP contribution in [0.4, 0.5) is 0 Å². The standard InChI is InChI=1S/C8H6N2.2C8H7N/c1-2-4-8-7(3-1)5-9-6-10-8;2*1-2-4-8-7(3-1)5-6-9-8/h1-6H;2*1-6,9H. The van der Waals surface area contributed by atoms with Gasteiger partial charge in [-0.3, -0.25) is 0 Å². The minimum Gasteiger partial charge on any atom is -0.361 e. The molecule has 3 heterocycles. The third kappa shape index (κ3) is 4.24. The van der Waals surface area contributed by atoms with Crippen LogP contribution in [0.2, 0.25) is 0 Å². The molecule has 4 heteroatoms. The lowest BCUT2D eigenvalue weighted by Crippen LogP contribution is -1.77. The number of nitrogens with zero attached hydrogens (tertiary/aromatic N) is 2. The number of H-pyrrole nitrogens is 2. The summed E-state index contributed by atoms with van der Waals surface area (Å²) in [5.41, 5.74) is 3.41. The van der Waals surface area contributed by atoms with Gasteiger partial charge in [0.1, 0.15) is 6.33 Å². The molecule has 4 nitrogen and oxygen atoms in total. The van der Waals surface area contributed by atoms with Gasteiger partial charge in [0.2, 0.25) is 0 Å². The molecule has 0 fully saturated rings. The Morgan fingerprint density at radius 3 is 1.64 bits per heavy atom. The summed E-state index contributed by atoms with van der Waals surface area (Å²) in [6, 6.07) is 28.5. The molecular weight excluding hydrogens is 344 g/mol. The van der Waals surface area contributed by atoms with Crippen LogP contribution < -0.4 is 0 Å². The highest BCUT2D eigenvalue weighted by Gasteiger charge is 1.88. The molecule has 0 radical (unpaired) electrons. The number of aromatic amines is 2. The first kappa shape index (κ1) is 17.5. The van der Waals surface area contributed by atoms with Gasteiger partial charge in [0.15, 0.2) is 0 Å². The van der Waals surface area contributed by atoms with Crippen LogP contribution in [-0.2, 0) is 0 Å². The van der Waals surface area contributed by atoms with Gasteiger partial charge in [-0.1, -0.05) is 54.6 Å². The van der Waals surface area contributed by atoms with Crippen LogP contribution in [0.3, 0.4) is 0 Å². The van der Waals surface area contributed by atoms with Crippen molar-refractivity contribution in [2.45, 2.75) is 0 Å². The van der Waals surface area contributed by atoms with Gasteiger partial charge in [0, 0.05) is 35.0 Å². The summed E-state index contributed by atoms with van der Waals surface area (Å²) in [4.78, 5) is 14.2. The van der Waals surface area contributed by atoms with Crippen molar-refractivity contribution in [3.8, 4) is 0 Å². The lowest BCUT2D eigenvalue weighted by Gasteiger charge is -1.90. The summed E-state index contributed by atoms with van der Waals surface area (Å²) in [6.07, 6.45) is 7.26. The third-order valence-corrected chi connectivity index (χ3v) is 4.34. The quantitative estimate of drug-likeness (QED) is 0.349. The number of benzene rings is 3. The van der Waals surface area contributed by atoms with Gasteiger partial charge < -0.3 is 9.97 Å². The highest BCUT2D eigenvalue weighted by atomic mass is 14.8. The second-order valence-electron chi connectivity index (χ2n) is 6.21. The SMILES string of the molecule is c1ccc2[nH]ccc2c1.c1ccc2[nH]ccc2c1.c1ccc2ncncc2c1. The number of hydrogen-bond donors (Lipinski definition) is 2. The van der Waals surface area contributed by atoms with Crippen molar-refractivity contribution in [1.29, 1.82) is 0 Å². The molecule has 136 valence electrons. The fourth-order valence-electron chi connectivity index (χ4n) is 2.91. The highest BCUT2D eigenvalue weighted by Crippen LogP contribution is 2.10. The van der Waals surface area contributed by atoms with Crippen molar-refractivity contribution in [2.24, 2.45) is 0 Å². The maximum absolute atomic E-state index is 4.07. The van der Waals surface area contributed by atoms with E-state index in [0.29, 0.717) is 0 Å². The molecule has 0 saturated heterocycles. The Balaban J connectivity index is 0.000000103. The molecule has 0 aliphatic heterocycles. The maximum atomic E-state index is 4.07. The Bertz CT molecular complexity index is 1090. The van der Waals surface area contributed by atoms with Gasteiger partial charge in [-0.05, 0) is 41.1 Å². The van der Waals surface area contributed by atoms with Crippen molar-refractivity contribution in [2.75, 3.05) is 0 Å². The molecule has 0 spiro atoms. The van der Waals surface area contributed by atoms with Crippen molar-refractivity contribution >= 4 is 32.7 Å². The zero-order valence-electron chi connectivity index (χ0n) is 15.3. The van der Waals surface area contributed by atoms with Gasteiger partial charge in [0.25, 0.3) is 0 Å². The van der Waals surface area contributed by atoms with E-state index in [1.165, 1.54) is 21.8 Å². The zero-order valence-corrected chi connectivity index (χ0v) is 15.3. The number of rotatable bonds is 0. The Morgan fingerprint density at radius 2 is 1.07 bits per heavy atom. The largest absolute Gasteiger partial charge is 0.361 e. The van der Waals surface area contributed by atoms with Gasteiger partial charge in [-0.2, -0.15) is 0 Å². The second kappa shape index (κ2) is 8.64. The number of hydrogen-bond acceptors (Lipinski definition) is 2. The van der Waals surface area contributed by atoms with Crippen molar-refractivity contribution in [1.82, 2.24) is 19.9 Å². The number of nitrogens with one attached hydrogen (secondary N) is 2. The molecule has 0 bridgehead atoms.